The van der Waals surface area contributed by atoms with E-state index in [-0.39, 0.29) is 29.6 Å². The highest BCUT2D eigenvalue weighted by atomic mass is 35.5. The maximum Gasteiger partial charge on any atom is 0.260 e. The molecule has 0 heterocycles. The summed E-state index contributed by atoms with van der Waals surface area (Å²) in [6.45, 7) is 0.0470. The summed E-state index contributed by atoms with van der Waals surface area (Å²) in [4.78, 5) is 24.9. The van der Waals surface area contributed by atoms with Crippen LogP contribution >= 0.6 is 11.6 Å². The summed E-state index contributed by atoms with van der Waals surface area (Å²) in [5, 5.41) is 0.343. The molecule has 2 rings (SSSR count). The van der Waals surface area contributed by atoms with Gasteiger partial charge in [0.15, 0.2) is 6.61 Å². The number of carbonyl (C=O) groups excluding carboxylic acids is 2. The molecular formula is C17H16ClFN2O3. The summed E-state index contributed by atoms with van der Waals surface area (Å²) in [5.41, 5.74) is 6.16. The Bertz CT molecular complexity index is 750. The van der Waals surface area contributed by atoms with Gasteiger partial charge >= 0.3 is 0 Å². The number of hydrogen-bond acceptors (Lipinski definition) is 3. The molecule has 24 heavy (non-hydrogen) atoms. The zero-order chi connectivity index (χ0) is 17.7. The van der Waals surface area contributed by atoms with Crippen LogP contribution in [0.4, 0.5) is 4.39 Å². The van der Waals surface area contributed by atoms with Crippen molar-refractivity contribution >= 4 is 23.4 Å². The summed E-state index contributed by atoms with van der Waals surface area (Å²) >= 11 is 5.81. The van der Waals surface area contributed by atoms with Crippen LogP contribution in [-0.2, 0) is 11.3 Å². The molecule has 0 saturated heterocycles. The maximum atomic E-state index is 12.9. The van der Waals surface area contributed by atoms with Crippen molar-refractivity contribution < 1.29 is 18.7 Å². The minimum absolute atomic E-state index is 0.108. The first-order valence-electron chi connectivity index (χ1n) is 7.07. The third kappa shape index (κ3) is 4.70. The van der Waals surface area contributed by atoms with Crippen molar-refractivity contribution in [3.05, 3.63) is 64.4 Å². The lowest BCUT2D eigenvalue weighted by Crippen LogP contribution is -2.31. The minimum atomic E-state index is -0.695. The lowest BCUT2D eigenvalue weighted by Gasteiger charge is -2.18. The molecule has 0 fully saturated rings. The number of primary amides is 1. The van der Waals surface area contributed by atoms with Crippen molar-refractivity contribution in [3.8, 4) is 5.75 Å². The van der Waals surface area contributed by atoms with Crippen LogP contribution in [0.5, 0.6) is 5.75 Å². The van der Waals surface area contributed by atoms with Crippen molar-refractivity contribution in [2.75, 3.05) is 13.7 Å². The average Bonchev–Trinajstić information content (AvgIpc) is 2.55. The number of carbonyl (C=O) groups is 2. The molecule has 0 saturated carbocycles. The van der Waals surface area contributed by atoms with E-state index < -0.39 is 5.91 Å². The number of nitrogens with zero attached hydrogens (tertiary/aromatic N) is 1. The van der Waals surface area contributed by atoms with Crippen LogP contribution in [0.3, 0.4) is 0 Å². The van der Waals surface area contributed by atoms with Crippen molar-refractivity contribution in [1.29, 1.82) is 0 Å². The second-order valence-electron chi connectivity index (χ2n) is 5.17. The van der Waals surface area contributed by atoms with Gasteiger partial charge in [-0.3, -0.25) is 9.59 Å². The number of benzene rings is 2. The molecule has 2 aromatic rings. The topological polar surface area (TPSA) is 72.6 Å². The molecule has 0 bridgehead atoms. The van der Waals surface area contributed by atoms with Crippen molar-refractivity contribution in [3.63, 3.8) is 0 Å². The molecule has 126 valence electrons. The van der Waals surface area contributed by atoms with Gasteiger partial charge in [0.25, 0.3) is 11.8 Å². The van der Waals surface area contributed by atoms with E-state index in [0.717, 1.165) is 5.56 Å². The van der Waals surface area contributed by atoms with Crippen LogP contribution in [-0.4, -0.2) is 30.4 Å². The standard InChI is InChI=1S/C17H16ClFN2O3/c1-21(9-11-2-5-13(19)6-3-11)16(22)10-24-15-7-4-12(18)8-14(15)17(20)23/h2-8H,9-10H2,1H3,(H2,20,23). The second-order valence-corrected chi connectivity index (χ2v) is 5.61. The van der Waals surface area contributed by atoms with Gasteiger partial charge in [-0.2, -0.15) is 0 Å². The minimum Gasteiger partial charge on any atom is -0.483 e. The van der Waals surface area contributed by atoms with E-state index in [9.17, 15) is 14.0 Å². The molecule has 0 unspecified atom stereocenters. The fraction of sp³-hybridized carbons (Fsp3) is 0.176. The van der Waals surface area contributed by atoms with E-state index in [2.05, 4.69) is 0 Å². The van der Waals surface area contributed by atoms with Crippen LogP contribution in [0.15, 0.2) is 42.5 Å². The van der Waals surface area contributed by atoms with Crippen LogP contribution in [0.1, 0.15) is 15.9 Å². The summed E-state index contributed by atoms with van der Waals surface area (Å²) in [6.07, 6.45) is 0. The first-order valence-corrected chi connectivity index (χ1v) is 7.45. The van der Waals surface area contributed by atoms with Gasteiger partial charge < -0.3 is 15.4 Å². The molecule has 2 N–H and O–H groups in total. The van der Waals surface area contributed by atoms with E-state index in [0.29, 0.717) is 11.6 Å². The van der Waals surface area contributed by atoms with Gasteiger partial charge in [0.1, 0.15) is 11.6 Å². The van der Waals surface area contributed by atoms with E-state index in [4.69, 9.17) is 22.1 Å². The largest absolute Gasteiger partial charge is 0.483 e. The first kappa shape index (κ1) is 17.7. The normalized spacial score (nSPS) is 10.3. The average molecular weight is 351 g/mol. The van der Waals surface area contributed by atoms with Crippen LogP contribution in [0.25, 0.3) is 0 Å². The number of nitrogens with two attached hydrogens (primary N) is 1. The van der Waals surface area contributed by atoms with Gasteiger partial charge in [-0.15, -0.1) is 0 Å². The number of ether oxygens (including phenoxy) is 1. The third-order valence-corrected chi connectivity index (χ3v) is 3.55. The number of rotatable bonds is 6. The van der Waals surface area contributed by atoms with Gasteiger partial charge in [-0.25, -0.2) is 4.39 Å². The lowest BCUT2D eigenvalue weighted by molar-refractivity contribution is -0.132. The third-order valence-electron chi connectivity index (χ3n) is 3.32. The Morgan fingerprint density at radius 3 is 2.50 bits per heavy atom. The molecule has 7 heteroatoms. The van der Waals surface area contributed by atoms with Gasteiger partial charge in [-0.05, 0) is 35.9 Å². The summed E-state index contributed by atoms with van der Waals surface area (Å²) in [5.74, 6) is -1.14. The molecule has 0 aliphatic carbocycles. The Labute approximate surface area is 143 Å². The molecule has 2 amide bonds. The Hall–Kier alpha value is -2.60. The zero-order valence-corrected chi connectivity index (χ0v) is 13.7. The molecule has 5 nitrogen and oxygen atoms in total. The molecule has 0 aromatic heterocycles. The quantitative estimate of drug-likeness (QED) is 0.870. The van der Waals surface area contributed by atoms with Crippen LogP contribution in [0, 0.1) is 5.82 Å². The fourth-order valence-corrected chi connectivity index (χ4v) is 2.19. The summed E-state index contributed by atoms with van der Waals surface area (Å²) in [6, 6.07) is 10.3. The summed E-state index contributed by atoms with van der Waals surface area (Å²) < 4.78 is 18.3. The predicted molar refractivity (Wildman–Crippen MR) is 88.3 cm³/mol. The summed E-state index contributed by atoms with van der Waals surface area (Å²) in [7, 11) is 1.60. The van der Waals surface area contributed by atoms with Crippen molar-refractivity contribution in [1.82, 2.24) is 4.90 Å². The Balaban J connectivity index is 1.97. The van der Waals surface area contributed by atoms with Gasteiger partial charge in [0, 0.05) is 18.6 Å². The fourth-order valence-electron chi connectivity index (χ4n) is 2.02. The molecule has 0 aliphatic rings. The molecule has 0 atom stereocenters. The maximum absolute atomic E-state index is 12.9. The first-order chi connectivity index (χ1) is 11.4. The molecule has 0 spiro atoms. The van der Waals surface area contributed by atoms with Crippen LogP contribution in [0.2, 0.25) is 5.02 Å². The number of halogens is 2. The SMILES string of the molecule is CN(Cc1ccc(F)cc1)C(=O)COc1ccc(Cl)cc1C(N)=O. The molecule has 2 aromatic carbocycles. The van der Waals surface area contributed by atoms with E-state index in [1.165, 1.54) is 35.2 Å². The van der Waals surface area contributed by atoms with E-state index >= 15 is 0 Å². The Morgan fingerprint density at radius 1 is 1.21 bits per heavy atom. The predicted octanol–water partition coefficient (Wildman–Crippen LogP) is 2.62. The second kappa shape index (κ2) is 7.79. The van der Waals surface area contributed by atoms with Gasteiger partial charge in [-0.1, -0.05) is 23.7 Å². The van der Waals surface area contributed by atoms with Gasteiger partial charge in [0.05, 0.1) is 5.56 Å². The molecule has 0 radical (unpaired) electrons. The highest BCUT2D eigenvalue weighted by Gasteiger charge is 2.14. The Kier molecular flexibility index (Phi) is 5.76. The highest BCUT2D eigenvalue weighted by Crippen LogP contribution is 2.22. The van der Waals surface area contributed by atoms with Gasteiger partial charge in [0.2, 0.25) is 0 Å². The number of hydrogen-bond donors (Lipinski definition) is 1. The van der Waals surface area contributed by atoms with Crippen LogP contribution < -0.4 is 10.5 Å². The number of amides is 2. The monoisotopic (exact) mass is 350 g/mol. The number of likely N-dealkylation sites (N-methyl/N-ethyl adjacent to an activating group) is 1. The highest BCUT2D eigenvalue weighted by molar-refractivity contribution is 6.31. The Morgan fingerprint density at radius 2 is 1.88 bits per heavy atom. The lowest BCUT2D eigenvalue weighted by atomic mass is 10.2. The van der Waals surface area contributed by atoms with E-state index in [1.807, 2.05) is 0 Å². The van der Waals surface area contributed by atoms with E-state index in [1.54, 1.807) is 19.2 Å². The smallest absolute Gasteiger partial charge is 0.260 e. The molecule has 0 aliphatic heterocycles. The zero-order valence-electron chi connectivity index (χ0n) is 13.0. The van der Waals surface area contributed by atoms with Crippen molar-refractivity contribution in [2.24, 2.45) is 5.73 Å². The molecular weight excluding hydrogens is 335 g/mol. The van der Waals surface area contributed by atoms with Crippen molar-refractivity contribution in [2.45, 2.75) is 6.54 Å².